The number of nitrogens with two attached hydrogens (primary N) is 1. The highest BCUT2D eigenvalue weighted by molar-refractivity contribution is 7.88. The smallest absolute Gasteiger partial charge is 0.213 e. The maximum absolute atomic E-state index is 11.1. The van der Waals surface area contributed by atoms with Gasteiger partial charge in [0.1, 0.15) is 12.1 Å². The first kappa shape index (κ1) is 13.5. The van der Waals surface area contributed by atoms with Crippen molar-refractivity contribution in [3.8, 4) is 0 Å². The zero-order valence-electron chi connectivity index (χ0n) is 10.8. The molecule has 2 heterocycles. The number of fused-ring (bicyclic) bond motifs is 1. The Balaban J connectivity index is 1.91. The SMILES string of the molecule is NS(=O)(=O)Cc1cccc(Nc2ncnc3[nH]ncc23)c1. The number of benzene rings is 1. The van der Waals surface area contributed by atoms with E-state index in [1.807, 2.05) is 0 Å². The Labute approximate surface area is 120 Å². The fourth-order valence-corrected chi connectivity index (χ4v) is 2.62. The second kappa shape index (κ2) is 5.11. The van der Waals surface area contributed by atoms with E-state index in [2.05, 4.69) is 25.5 Å². The Morgan fingerprint density at radius 1 is 1.29 bits per heavy atom. The number of aromatic nitrogens is 4. The van der Waals surface area contributed by atoms with Crippen molar-refractivity contribution in [2.45, 2.75) is 5.75 Å². The van der Waals surface area contributed by atoms with Crippen LogP contribution in [0.3, 0.4) is 0 Å². The summed E-state index contributed by atoms with van der Waals surface area (Å²) in [6.45, 7) is 0. The van der Waals surface area contributed by atoms with Gasteiger partial charge < -0.3 is 5.32 Å². The van der Waals surface area contributed by atoms with E-state index >= 15 is 0 Å². The number of aromatic amines is 1. The third-order valence-electron chi connectivity index (χ3n) is 2.81. The van der Waals surface area contributed by atoms with Gasteiger partial charge in [0.25, 0.3) is 0 Å². The van der Waals surface area contributed by atoms with Crippen molar-refractivity contribution < 1.29 is 8.42 Å². The van der Waals surface area contributed by atoms with Gasteiger partial charge in [-0.25, -0.2) is 23.5 Å². The van der Waals surface area contributed by atoms with Crippen LogP contribution < -0.4 is 10.5 Å². The number of hydrogen-bond acceptors (Lipinski definition) is 6. The molecule has 0 saturated carbocycles. The molecule has 3 aromatic rings. The lowest BCUT2D eigenvalue weighted by atomic mass is 10.2. The van der Waals surface area contributed by atoms with E-state index < -0.39 is 10.0 Å². The first-order valence-electron chi connectivity index (χ1n) is 6.02. The van der Waals surface area contributed by atoms with Crippen molar-refractivity contribution in [2.24, 2.45) is 5.14 Å². The second-order valence-corrected chi connectivity index (χ2v) is 6.10. The molecule has 108 valence electrons. The van der Waals surface area contributed by atoms with Gasteiger partial charge in [0.2, 0.25) is 10.0 Å². The molecule has 0 amide bonds. The summed E-state index contributed by atoms with van der Waals surface area (Å²) in [4.78, 5) is 8.20. The molecule has 21 heavy (non-hydrogen) atoms. The van der Waals surface area contributed by atoms with Crippen LogP contribution in [0.5, 0.6) is 0 Å². The molecule has 0 aliphatic rings. The molecule has 0 aliphatic carbocycles. The van der Waals surface area contributed by atoms with E-state index in [-0.39, 0.29) is 5.75 Å². The number of H-pyrrole nitrogens is 1. The first-order chi connectivity index (χ1) is 10.0. The van der Waals surface area contributed by atoms with Crippen LogP contribution in [-0.4, -0.2) is 28.6 Å². The van der Waals surface area contributed by atoms with Crippen LogP contribution in [0.15, 0.2) is 36.8 Å². The van der Waals surface area contributed by atoms with Gasteiger partial charge in [-0.05, 0) is 17.7 Å². The predicted molar refractivity (Wildman–Crippen MR) is 78.2 cm³/mol. The number of nitrogens with zero attached hydrogens (tertiary/aromatic N) is 3. The maximum Gasteiger partial charge on any atom is 0.213 e. The summed E-state index contributed by atoms with van der Waals surface area (Å²) in [6, 6.07) is 6.96. The van der Waals surface area contributed by atoms with E-state index in [1.165, 1.54) is 6.33 Å². The molecule has 9 heteroatoms. The third-order valence-corrected chi connectivity index (χ3v) is 3.54. The first-order valence-corrected chi connectivity index (χ1v) is 7.73. The quantitative estimate of drug-likeness (QED) is 0.657. The highest BCUT2D eigenvalue weighted by atomic mass is 32.2. The molecule has 4 N–H and O–H groups in total. The van der Waals surface area contributed by atoms with Crippen LogP contribution in [0.25, 0.3) is 11.0 Å². The lowest BCUT2D eigenvalue weighted by Crippen LogP contribution is -2.14. The molecule has 0 fully saturated rings. The molecule has 0 spiro atoms. The van der Waals surface area contributed by atoms with Crippen LogP contribution >= 0.6 is 0 Å². The van der Waals surface area contributed by atoms with Crippen molar-refractivity contribution in [3.63, 3.8) is 0 Å². The lowest BCUT2D eigenvalue weighted by Gasteiger charge is -2.07. The predicted octanol–water partition coefficient (Wildman–Crippen LogP) is 0.885. The highest BCUT2D eigenvalue weighted by Crippen LogP contribution is 2.22. The molecule has 0 radical (unpaired) electrons. The molecule has 0 atom stereocenters. The van der Waals surface area contributed by atoms with Crippen molar-refractivity contribution in [2.75, 3.05) is 5.32 Å². The monoisotopic (exact) mass is 304 g/mol. The summed E-state index contributed by atoms with van der Waals surface area (Å²) in [5.74, 6) is 0.370. The molecule has 1 aromatic carbocycles. The summed E-state index contributed by atoms with van der Waals surface area (Å²) in [5, 5.41) is 15.6. The molecule has 0 saturated heterocycles. The Hall–Kier alpha value is -2.52. The largest absolute Gasteiger partial charge is 0.340 e. The van der Waals surface area contributed by atoms with Crippen LogP contribution in [0.4, 0.5) is 11.5 Å². The Bertz CT molecular complexity index is 889. The van der Waals surface area contributed by atoms with Gasteiger partial charge in [0.15, 0.2) is 5.65 Å². The summed E-state index contributed by atoms with van der Waals surface area (Å²) in [6.07, 6.45) is 3.03. The maximum atomic E-state index is 11.1. The standard InChI is InChI=1S/C12H12N6O2S/c13-21(19,20)6-8-2-1-3-9(4-8)17-11-10-5-16-18-12(10)15-7-14-11/h1-5,7H,6H2,(H2,13,19,20)(H2,14,15,16,17,18). The van der Waals surface area contributed by atoms with Gasteiger partial charge in [0, 0.05) is 5.69 Å². The van der Waals surface area contributed by atoms with Crippen molar-refractivity contribution in [3.05, 3.63) is 42.4 Å². The van der Waals surface area contributed by atoms with E-state index in [0.717, 1.165) is 5.39 Å². The van der Waals surface area contributed by atoms with Crippen LogP contribution in [0.1, 0.15) is 5.56 Å². The van der Waals surface area contributed by atoms with Crippen LogP contribution in [0, 0.1) is 0 Å². The van der Waals surface area contributed by atoms with Crippen molar-refractivity contribution in [1.82, 2.24) is 20.2 Å². The number of sulfonamides is 1. The summed E-state index contributed by atoms with van der Waals surface area (Å²) in [5.41, 5.74) is 1.92. The zero-order chi connectivity index (χ0) is 14.9. The normalized spacial score (nSPS) is 11.7. The van der Waals surface area contributed by atoms with E-state index in [9.17, 15) is 8.42 Å². The van der Waals surface area contributed by atoms with E-state index in [4.69, 9.17) is 5.14 Å². The average Bonchev–Trinajstić information content (AvgIpc) is 2.86. The number of anilines is 2. The van der Waals surface area contributed by atoms with Crippen LogP contribution in [-0.2, 0) is 15.8 Å². The number of hydrogen-bond donors (Lipinski definition) is 3. The lowest BCUT2D eigenvalue weighted by molar-refractivity contribution is 0.597. The molecule has 8 nitrogen and oxygen atoms in total. The van der Waals surface area contributed by atoms with Crippen molar-refractivity contribution >= 4 is 32.6 Å². The van der Waals surface area contributed by atoms with E-state index in [0.29, 0.717) is 22.7 Å². The molecule has 0 unspecified atom stereocenters. The average molecular weight is 304 g/mol. The minimum atomic E-state index is -3.56. The van der Waals surface area contributed by atoms with Gasteiger partial charge in [-0.1, -0.05) is 12.1 Å². The number of rotatable bonds is 4. The zero-order valence-corrected chi connectivity index (χ0v) is 11.6. The van der Waals surface area contributed by atoms with Gasteiger partial charge in [-0.2, -0.15) is 5.10 Å². The number of nitrogens with one attached hydrogen (secondary N) is 2. The molecular weight excluding hydrogens is 292 g/mol. The summed E-state index contributed by atoms with van der Waals surface area (Å²) >= 11 is 0. The molecule has 0 aliphatic heterocycles. The highest BCUT2D eigenvalue weighted by Gasteiger charge is 2.08. The fraction of sp³-hybridized carbons (Fsp3) is 0.0833. The van der Waals surface area contributed by atoms with Gasteiger partial charge in [-0.3, -0.25) is 5.10 Å². The van der Waals surface area contributed by atoms with Gasteiger partial charge in [0.05, 0.1) is 17.3 Å². The molecular formula is C12H12N6O2S. The Kier molecular flexibility index (Phi) is 3.28. The summed E-state index contributed by atoms with van der Waals surface area (Å²) in [7, 11) is -3.56. The van der Waals surface area contributed by atoms with E-state index in [1.54, 1.807) is 30.5 Å². The van der Waals surface area contributed by atoms with Crippen molar-refractivity contribution in [1.29, 1.82) is 0 Å². The van der Waals surface area contributed by atoms with Crippen LogP contribution in [0.2, 0.25) is 0 Å². The minimum Gasteiger partial charge on any atom is -0.340 e. The number of primary sulfonamides is 1. The molecule has 2 aromatic heterocycles. The van der Waals surface area contributed by atoms with Gasteiger partial charge >= 0.3 is 0 Å². The third kappa shape index (κ3) is 3.15. The molecule has 3 rings (SSSR count). The minimum absolute atomic E-state index is 0.215. The Morgan fingerprint density at radius 2 is 2.14 bits per heavy atom. The Morgan fingerprint density at radius 3 is 2.95 bits per heavy atom. The second-order valence-electron chi connectivity index (χ2n) is 4.49. The topological polar surface area (TPSA) is 127 Å². The fourth-order valence-electron chi connectivity index (χ4n) is 1.97. The summed E-state index contributed by atoms with van der Waals surface area (Å²) < 4.78 is 22.3. The molecule has 0 bridgehead atoms. The van der Waals surface area contributed by atoms with Gasteiger partial charge in [-0.15, -0.1) is 0 Å².